The summed E-state index contributed by atoms with van der Waals surface area (Å²) in [6.45, 7) is 6.59. The fourth-order valence-electron chi connectivity index (χ4n) is 11.3. The summed E-state index contributed by atoms with van der Waals surface area (Å²) in [4.78, 5) is 38.5. The van der Waals surface area contributed by atoms with Crippen molar-refractivity contribution in [3.63, 3.8) is 0 Å². The van der Waals surface area contributed by atoms with E-state index < -0.39 is 6.10 Å². The number of allylic oxidation sites excluding steroid dienone is 8. The van der Waals surface area contributed by atoms with E-state index in [9.17, 15) is 14.4 Å². The summed E-state index contributed by atoms with van der Waals surface area (Å²) in [6, 6.07) is 0. The standard InChI is InChI=1S/C77H142O6/c1-4-7-10-13-16-19-22-25-28-31-32-33-34-35-36-37-38-39-40-41-42-43-44-47-49-52-55-58-61-64-67-70-76(79)82-73-74(83-77(80)71-68-65-62-59-56-53-50-46-30-27-24-21-18-15-12-9-6-3)72-81-75(78)69-66-63-60-57-54-51-48-45-29-26-23-20-17-14-11-8-5-2/h9,12,18,21,27,30,50,53,74H,4-8,10-11,13-17,19-20,22-26,28-29,31-49,51-52,54-73H2,1-3H3/b12-9-,21-18-,30-27-,53-50-. The Kier molecular flexibility index (Phi) is 69.6. The van der Waals surface area contributed by atoms with Gasteiger partial charge in [-0.25, -0.2) is 0 Å². The molecule has 83 heavy (non-hydrogen) atoms. The summed E-state index contributed by atoms with van der Waals surface area (Å²) >= 11 is 0. The maximum absolute atomic E-state index is 12.9. The second-order valence-corrected chi connectivity index (χ2v) is 25.2. The molecule has 0 rings (SSSR count). The second kappa shape index (κ2) is 71.8. The van der Waals surface area contributed by atoms with Crippen LogP contribution in [0.15, 0.2) is 48.6 Å². The number of ether oxygens (including phenoxy) is 3. The average Bonchev–Trinajstić information content (AvgIpc) is 3.50. The predicted molar refractivity (Wildman–Crippen MR) is 362 cm³/mol. The Morgan fingerprint density at radius 1 is 0.253 bits per heavy atom. The van der Waals surface area contributed by atoms with Crippen molar-refractivity contribution >= 4 is 17.9 Å². The zero-order valence-corrected chi connectivity index (χ0v) is 56.0. The van der Waals surface area contributed by atoms with Crippen LogP contribution in [0.5, 0.6) is 0 Å². The van der Waals surface area contributed by atoms with Crippen molar-refractivity contribution in [2.75, 3.05) is 13.2 Å². The number of unbranched alkanes of at least 4 members (excludes halogenated alkanes) is 50. The Morgan fingerprint density at radius 3 is 0.735 bits per heavy atom. The predicted octanol–water partition coefficient (Wildman–Crippen LogP) is 25.7. The molecule has 0 saturated carbocycles. The molecule has 1 unspecified atom stereocenters. The lowest BCUT2D eigenvalue weighted by molar-refractivity contribution is -0.167. The van der Waals surface area contributed by atoms with Gasteiger partial charge in [0.2, 0.25) is 0 Å². The van der Waals surface area contributed by atoms with E-state index >= 15 is 0 Å². The van der Waals surface area contributed by atoms with E-state index in [1.807, 2.05) is 0 Å². The summed E-state index contributed by atoms with van der Waals surface area (Å²) in [5.41, 5.74) is 0. The van der Waals surface area contributed by atoms with Crippen LogP contribution in [0.25, 0.3) is 0 Å². The zero-order chi connectivity index (χ0) is 59.9. The van der Waals surface area contributed by atoms with Gasteiger partial charge in [-0.15, -0.1) is 0 Å². The van der Waals surface area contributed by atoms with Crippen LogP contribution in [0.3, 0.4) is 0 Å². The third-order valence-corrected chi connectivity index (χ3v) is 16.8. The van der Waals surface area contributed by atoms with Crippen molar-refractivity contribution in [3.05, 3.63) is 48.6 Å². The fraction of sp³-hybridized carbons (Fsp3) is 0.857. The van der Waals surface area contributed by atoms with Crippen molar-refractivity contribution in [2.45, 2.75) is 412 Å². The minimum absolute atomic E-state index is 0.0779. The van der Waals surface area contributed by atoms with Gasteiger partial charge in [0.25, 0.3) is 0 Å². The first-order valence-electron chi connectivity index (χ1n) is 37.1. The minimum Gasteiger partial charge on any atom is -0.462 e. The maximum atomic E-state index is 12.9. The Balaban J connectivity index is 4.19. The molecule has 486 valence electrons. The molecule has 0 heterocycles. The number of carbonyl (C=O) groups excluding carboxylic acids is 3. The Morgan fingerprint density at radius 2 is 0.470 bits per heavy atom. The lowest BCUT2D eigenvalue weighted by atomic mass is 10.0. The smallest absolute Gasteiger partial charge is 0.306 e. The van der Waals surface area contributed by atoms with Crippen LogP contribution in [0.1, 0.15) is 406 Å². The highest BCUT2D eigenvalue weighted by Crippen LogP contribution is 2.19. The third-order valence-electron chi connectivity index (χ3n) is 16.8. The van der Waals surface area contributed by atoms with E-state index in [-0.39, 0.29) is 31.1 Å². The molecule has 0 amide bonds. The van der Waals surface area contributed by atoms with E-state index in [0.29, 0.717) is 19.3 Å². The monoisotopic (exact) mass is 1160 g/mol. The first-order valence-corrected chi connectivity index (χ1v) is 37.1. The van der Waals surface area contributed by atoms with Crippen LogP contribution in [0, 0.1) is 0 Å². The molecule has 0 bridgehead atoms. The quantitative estimate of drug-likeness (QED) is 0.0261. The molecule has 0 saturated heterocycles. The number of esters is 3. The first-order chi connectivity index (χ1) is 41.0. The fourth-order valence-corrected chi connectivity index (χ4v) is 11.3. The summed E-state index contributed by atoms with van der Waals surface area (Å²) < 4.78 is 17.0. The SMILES string of the molecule is CC/C=C\C/C=C\C/C=C\C/C=C\CCCCCCC(=O)OC(COC(=O)CCCCCCCCCCCCCCCCCCC)COC(=O)CCCCCCCCCCCCCCCCCCCCCCCCCCCCCCCCC. The molecular weight excluding hydrogens is 1020 g/mol. The number of carbonyl (C=O) groups is 3. The molecule has 0 spiro atoms. The molecular formula is C77H142O6. The molecule has 0 radical (unpaired) electrons. The van der Waals surface area contributed by atoms with Gasteiger partial charge in [-0.3, -0.25) is 14.4 Å². The molecule has 6 nitrogen and oxygen atoms in total. The van der Waals surface area contributed by atoms with Crippen LogP contribution in [0.2, 0.25) is 0 Å². The van der Waals surface area contributed by atoms with Crippen molar-refractivity contribution < 1.29 is 28.6 Å². The van der Waals surface area contributed by atoms with Crippen molar-refractivity contribution in [1.29, 1.82) is 0 Å². The Bertz CT molecular complexity index is 1430. The summed E-state index contributed by atoms with van der Waals surface area (Å²) in [7, 11) is 0. The van der Waals surface area contributed by atoms with E-state index in [2.05, 4.69) is 69.4 Å². The highest BCUT2D eigenvalue weighted by atomic mass is 16.6. The molecule has 0 aliphatic carbocycles. The molecule has 0 aromatic heterocycles. The number of hydrogen-bond donors (Lipinski definition) is 0. The normalized spacial score (nSPS) is 12.3. The van der Waals surface area contributed by atoms with Gasteiger partial charge in [-0.1, -0.05) is 378 Å². The average molecular weight is 1160 g/mol. The maximum Gasteiger partial charge on any atom is 0.306 e. The minimum atomic E-state index is -0.785. The topological polar surface area (TPSA) is 78.9 Å². The lowest BCUT2D eigenvalue weighted by Gasteiger charge is -2.18. The largest absolute Gasteiger partial charge is 0.462 e. The van der Waals surface area contributed by atoms with Crippen LogP contribution < -0.4 is 0 Å². The van der Waals surface area contributed by atoms with Crippen LogP contribution in [-0.4, -0.2) is 37.2 Å². The van der Waals surface area contributed by atoms with E-state index in [0.717, 1.165) is 96.3 Å². The Hall–Kier alpha value is -2.63. The molecule has 0 aromatic rings. The van der Waals surface area contributed by atoms with Gasteiger partial charge in [0, 0.05) is 19.3 Å². The molecule has 6 heteroatoms. The van der Waals surface area contributed by atoms with E-state index in [4.69, 9.17) is 14.2 Å². The van der Waals surface area contributed by atoms with Crippen LogP contribution >= 0.6 is 0 Å². The van der Waals surface area contributed by atoms with Crippen LogP contribution in [-0.2, 0) is 28.6 Å². The van der Waals surface area contributed by atoms with Gasteiger partial charge in [-0.05, 0) is 57.8 Å². The number of hydrogen-bond acceptors (Lipinski definition) is 6. The summed E-state index contributed by atoms with van der Waals surface area (Å²) in [5, 5.41) is 0. The molecule has 0 aliphatic heterocycles. The van der Waals surface area contributed by atoms with Gasteiger partial charge in [0.15, 0.2) is 6.10 Å². The highest BCUT2D eigenvalue weighted by molar-refractivity contribution is 5.71. The molecule has 0 fully saturated rings. The van der Waals surface area contributed by atoms with Crippen molar-refractivity contribution in [2.24, 2.45) is 0 Å². The highest BCUT2D eigenvalue weighted by Gasteiger charge is 2.19. The molecule has 1 atom stereocenters. The lowest BCUT2D eigenvalue weighted by Crippen LogP contribution is -2.30. The third kappa shape index (κ3) is 70.0. The molecule has 0 aromatic carbocycles. The summed E-state index contributed by atoms with van der Waals surface area (Å²) in [5.74, 6) is -0.872. The van der Waals surface area contributed by atoms with Gasteiger partial charge < -0.3 is 14.2 Å². The zero-order valence-electron chi connectivity index (χ0n) is 56.0. The van der Waals surface area contributed by atoms with Gasteiger partial charge in [0.05, 0.1) is 0 Å². The van der Waals surface area contributed by atoms with Gasteiger partial charge >= 0.3 is 17.9 Å². The van der Waals surface area contributed by atoms with Gasteiger partial charge in [0.1, 0.15) is 13.2 Å². The number of rotatable bonds is 69. The summed E-state index contributed by atoms with van der Waals surface area (Å²) in [6.07, 6.45) is 91.7. The van der Waals surface area contributed by atoms with Crippen molar-refractivity contribution in [1.82, 2.24) is 0 Å². The molecule has 0 aliphatic rings. The van der Waals surface area contributed by atoms with Crippen molar-refractivity contribution in [3.8, 4) is 0 Å². The first kappa shape index (κ1) is 80.4. The van der Waals surface area contributed by atoms with E-state index in [1.54, 1.807) is 0 Å². The van der Waals surface area contributed by atoms with E-state index in [1.165, 1.54) is 270 Å². The van der Waals surface area contributed by atoms with Gasteiger partial charge in [-0.2, -0.15) is 0 Å². The second-order valence-electron chi connectivity index (χ2n) is 25.2. The molecule has 0 N–H and O–H groups in total. The van der Waals surface area contributed by atoms with Crippen LogP contribution in [0.4, 0.5) is 0 Å². The Labute approximate surface area is 518 Å².